The molecule has 0 unspecified atom stereocenters. The normalized spacial score (nSPS) is 10.3. The van der Waals surface area contributed by atoms with Gasteiger partial charge in [-0.3, -0.25) is 0 Å². The maximum Gasteiger partial charge on any atom is 0.377 e. The lowest BCUT2D eigenvalue weighted by molar-refractivity contribution is 0.0683. The average molecular weight is 222 g/mol. The van der Waals surface area contributed by atoms with E-state index >= 15 is 0 Å². The molecule has 2 rings (SSSR count). The standard InChI is InChI=1S/C9H7FN4O2/c10-7-4-2-1-3-6(7)5-14-12-8(9(15)16)11-13-14/h1-4H,5H2,(H,15,16). The third kappa shape index (κ3) is 2.02. The van der Waals surface area contributed by atoms with Crippen LogP contribution in [0.1, 0.15) is 16.2 Å². The van der Waals surface area contributed by atoms with Crippen LogP contribution in [-0.2, 0) is 6.54 Å². The summed E-state index contributed by atoms with van der Waals surface area (Å²) in [5.74, 6) is -2.06. The van der Waals surface area contributed by atoms with Crippen LogP contribution in [0.25, 0.3) is 0 Å². The fraction of sp³-hybridized carbons (Fsp3) is 0.111. The molecule has 0 aliphatic carbocycles. The number of nitrogens with zero attached hydrogens (tertiary/aromatic N) is 4. The highest BCUT2D eigenvalue weighted by Crippen LogP contribution is 2.06. The first kappa shape index (κ1) is 10.2. The van der Waals surface area contributed by atoms with Crippen molar-refractivity contribution in [2.45, 2.75) is 6.54 Å². The highest BCUT2D eigenvalue weighted by molar-refractivity contribution is 5.82. The van der Waals surface area contributed by atoms with E-state index in [0.717, 1.165) is 4.80 Å². The summed E-state index contributed by atoms with van der Waals surface area (Å²) in [7, 11) is 0. The molecule has 6 nitrogen and oxygen atoms in total. The minimum atomic E-state index is -1.26. The molecule has 2 aromatic rings. The quantitative estimate of drug-likeness (QED) is 0.820. The van der Waals surface area contributed by atoms with Crippen LogP contribution in [0.3, 0.4) is 0 Å². The number of halogens is 1. The molecule has 0 amide bonds. The van der Waals surface area contributed by atoms with Gasteiger partial charge in [0.05, 0.1) is 6.54 Å². The Labute approximate surface area is 89.3 Å². The molecule has 16 heavy (non-hydrogen) atoms. The van der Waals surface area contributed by atoms with Crippen molar-refractivity contribution in [3.63, 3.8) is 0 Å². The van der Waals surface area contributed by atoms with Crippen molar-refractivity contribution in [2.24, 2.45) is 0 Å². The van der Waals surface area contributed by atoms with E-state index < -0.39 is 17.6 Å². The Balaban J connectivity index is 2.21. The van der Waals surface area contributed by atoms with Crippen LogP contribution >= 0.6 is 0 Å². The molecule has 0 radical (unpaired) electrons. The number of aromatic carboxylic acids is 1. The van der Waals surface area contributed by atoms with Crippen LogP contribution in [0.15, 0.2) is 24.3 Å². The Morgan fingerprint density at radius 3 is 2.81 bits per heavy atom. The topological polar surface area (TPSA) is 80.9 Å². The predicted molar refractivity (Wildman–Crippen MR) is 50.3 cm³/mol. The maximum atomic E-state index is 13.2. The van der Waals surface area contributed by atoms with Crippen molar-refractivity contribution < 1.29 is 14.3 Å². The monoisotopic (exact) mass is 222 g/mol. The van der Waals surface area contributed by atoms with Gasteiger partial charge in [-0.2, -0.15) is 4.80 Å². The molecular weight excluding hydrogens is 215 g/mol. The van der Waals surface area contributed by atoms with Crippen LogP contribution < -0.4 is 0 Å². The van der Waals surface area contributed by atoms with Crippen LogP contribution in [-0.4, -0.2) is 31.3 Å². The van der Waals surface area contributed by atoms with Crippen LogP contribution in [0, 0.1) is 5.82 Å². The van der Waals surface area contributed by atoms with E-state index in [1.165, 1.54) is 6.07 Å². The third-order valence-electron chi connectivity index (χ3n) is 1.91. The molecule has 1 N–H and O–H groups in total. The molecule has 7 heteroatoms. The van der Waals surface area contributed by atoms with Crippen LogP contribution in [0.5, 0.6) is 0 Å². The minimum Gasteiger partial charge on any atom is -0.475 e. The lowest BCUT2D eigenvalue weighted by atomic mass is 10.2. The summed E-state index contributed by atoms with van der Waals surface area (Å²) < 4.78 is 13.2. The number of hydrogen-bond donors (Lipinski definition) is 1. The summed E-state index contributed by atoms with van der Waals surface area (Å²) in [6, 6.07) is 6.12. The van der Waals surface area contributed by atoms with Gasteiger partial charge in [0.15, 0.2) is 0 Å². The molecule has 0 fully saturated rings. The van der Waals surface area contributed by atoms with E-state index in [1.807, 2.05) is 0 Å². The number of carboxylic acid groups (broad SMARTS) is 1. The second kappa shape index (κ2) is 4.05. The summed E-state index contributed by atoms with van der Waals surface area (Å²) in [4.78, 5) is 11.5. The zero-order chi connectivity index (χ0) is 11.5. The second-order valence-electron chi connectivity index (χ2n) is 3.04. The number of tetrazole rings is 1. The summed E-state index contributed by atoms with van der Waals surface area (Å²) in [6.07, 6.45) is 0. The average Bonchev–Trinajstić information content (AvgIpc) is 2.70. The molecule has 0 saturated heterocycles. The maximum absolute atomic E-state index is 13.2. The molecule has 82 valence electrons. The van der Waals surface area contributed by atoms with Gasteiger partial charge < -0.3 is 5.11 Å². The van der Waals surface area contributed by atoms with E-state index in [0.29, 0.717) is 5.56 Å². The van der Waals surface area contributed by atoms with Gasteiger partial charge in [-0.25, -0.2) is 9.18 Å². The first-order chi connectivity index (χ1) is 7.66. The molecule has 1 aromatic heterocycles. The number of carboxylic acids is 1. The highest BCUT2D eigenvalue weighted by atomic mass is 19.1. The molecule has 1 heterocycles. The predicted octanol–water partition coefficient (Wildman–Crippen LogP) is 0.559. The molecule has 1 aromatic carbocycles. The van der Waals surface area contributed by atoms with Gasteiger partial charge in [-0.1, -0.05) is 18.2 Å². The van der Waals surface area contributed by atoms with E-state index in [2.05, 4.69) is 15.4 Å². The smallest absolute Gasteiger partial charge is 0.377 e. The van der Waals surface area contributed by atoms with E-state index in [9.17, 15) is 9.18 Å². The van der Waals surface area contributed by atoms with Gasteiger partial charge in [-0.05, 0) is 11.3 Å². The van der Waals surface area contributed by atoms with Gasteiger partial charge in [0.1, 0.15) is 5.82 Å². The summed E-state index contributed by atoms with van der Waals surface area (Å²) in [6.45, 7) is 0.0486. The lowest BCUT2D eigenvalue weighted by Gasteiger charge is -2.00. The van der Waals surface area contributed by atoms with Gasteiger partial charge >= 0.3 is 5.97 Å². The SMILES string of the molecule is O=C(O)c1nnn(Cc2ccccc2F)n1. The van der Waals surface area contributed by atoms with Crippen molar-refractivity contribution in [1.82, 2.24) is 20.2 Å². The molecular formula is C9H7FN4O2. The first-order valence-electron chi connectivity index (χ1n) is 4.41. The largest absolute Gasteiger partial charge is 0.475 e. The number of carbonyl (C=O) groups is 1. The Hall–Kier alpha value is -2.31. The number of benzene rings is 1. The summed E-state index contributed by atoms with van der Waals surface area (Å²) >= 11 is 0. The van der Waals surface area contributed by atoms with Crippen molar-refractivity contribution in [3.05, 3.63) is 41.5 Å². The Bertz CT molecular complexity index is 526. The van der Waals surface area contributed by atoms with Gasteiger partial charge in [-0.15, -0.1) is 10.2 Å². The van der Waals surface area contributed by atoms with Crippen molar-refractivity contribution in [3.8, 4) is 0 Å². The molecule has 0 aliphatic heterocycles. The third-order valence-corrected chi connectivity index (χ3v) is 1.91. The highest BCUT2D eigenvalue weighted by Gasteiger charge is 2.11. The fourth-order valence-electron chi connectivity index (χ4n) is 1.17. The van der Waals surface area contributed by atoms with Crippen molar-refractivity contribution in [2.75, 3.05) is 0 Å². The van der Waals surface area contributed by atoms with Gasteiger partial charge in [0, 0.05) is 5.56 Å². The Morgan fingerprint density at radius 1 is 1.44 bits per heavy atom. The van der Waals surface area contributed by atoms with Gasteiger partial charge in [0.2, 0.25) is 0 Å². The number of rotatable bonds is 3. The molecule has 0 spiro atoms. The van der Waals surface area contributed by atoms with Crippen molar-refractivity contribution in [1.29, 1.82) is 0 Å². The van der Waals surface area contributed by atoms with Crippen LogP contribution in [0.2, 0.25) is 0 Å². The molecule has 0 atom stereocenters. The Kier molecular flexibility index (Phi) is 2.59. The second-order valence-corrected chi connectivity index (χ2v) is 3.04. The number of aromatic nitrogens is 4. The first-order valence-corrected chi connectivity index (χ1v) is 4.41. The minimum absolute atomic E-state index is 0.0486. The van der Waals surface area contributed by atoms with Crippen molar-refractivity contribution >= 4 is 5.97 Å². The van der Waals surface area contributed by atoms with E-state index in [1.54, 1.807) is 18.2 Å². The van der Waals surface area contributed by atoms with Gasteiger partial charge in [0.25, 0.3) is 5.82 Å². The summed E-state index contributed by atoms with van der Waals surface area (Å²) in [5.41, 5.74) is 0.372. The molecule has 0 saturated carbocycles. The van der Waals surface area contributed by atoms with Crippen LogP contribution in [0.4, 0.5) is 4.39 Å². The fourth-order valence-corrected chi connectivity index (χ4v) is 1.17. The molecule has 0 aliphatic rings. The zero-order valence-electron chi connectivity index (χ0n) is 8.04. The lowest BCUT2D eigenvalue weighted by Crippen LogP contribution is -2.07. The zero-order valence-corrected chi connectivity index (χ0v) is 8.04. The Morgan fingerprint density at radius 2 is 2.19 bits per heavy atom. The van der Waals surface area contributed by atoms with E-state index in [4.69, 9.17) is 5.11 Å². The summed E-state index contributed by atoms with van der Waals surface area (Å²) in [5, 5.41) is 18.9. The number of hydrogen-bond acceptors (Lipinski definition) is 4. The van der Waals surface area contributed by atoms with E-state index in [-0.39, 0.29) is 6.54 Å². The molecule has 0 bridgehead atoms.